The van der Waals surface area contributed by atoms with Crippen molar-refractivity contribution in [1.82, 2.24) is 9.21 Å². The topological polar surface area (TPSA) is 60.9 Å². The molecule has 3 aromatic rings. The number of fused-ring (bicyclic) bond motifs is 1. The highest BCUT2D eigenvalue weighted by atomic mass is 79.9. The Morgan fingerprint density at radius 1 is 0.889 bits per heavy atom. The Balaban J connectivity index is 1.34. The van der Waals surface area contributed by atoms with Crippen molar-refractivity contribution in [3.05, 3.63) is 91.9 Å². The number of anilines is 1. The molecule has 2 heterocycles. The maximum Gasteiger partial charge on any atom is 0.255 e. The first-order valence-electron chi connectivity index (χ1n) is 11.6. The van der Waals surface area contributed by atoms with Crippen LogP contribution in [0.25, 0.3) is 0 Å². The first kappa shape index (κ1) is 25.5. The minimum Gasteiger partial charge on any atom is -0.369 e. The summed E-state index contributed by atoms with van der Waals surface area (Å²) in [4.78, 5) is 17.4. The molecule has 2 aliphatic heterocycles. The summed E-state index contributed by atoms with van der Waals surface area (Å²) in [6, 6.07) is 18.1. The maximum absolute atomic E-state index is 13.5. The number of hydrogen-bond acceptors (Lipinski definition) is 4. The molecule has 0 atom stereocenters. The number of benzene rings is 3. The van der Waals surface area contributed by atoms with E-state index in [-0.39, 0.29) is 21.4 Å². The number of halogens is 3. The van der Waals surface area contributed by atoms with Gasteiger partial charge in [-0.2, -0.15) is 4.31 Å². The third-order valence-electron chi connectivity index (χ3n) is 6.71. The van der Waals surface area contributed by atoms with Crippen LogP contribution in [0.4, 0.5) is 5.69 Å². The van der Waals surface area contributed by atoms with Crippen LogP contribution in [-0.4, -0.2) is 56.3 Å². The fourth-order valence-corrected chi connectivity index (χ4v) is 7.38. The van der Waals surface area contributed by atoms with E-state index in [1.165, 1.54) is 22.5 Å². The number of carbonyl (C=O) groups is 1. The van der Waals surface area contributed by atoms with E-state index in [2.05, 4.69) is 20.8 Å². The van der Waals surface area contributed by atoms with Crippen LogP contribution in [0.2, 0.25) is 10.0 Å². The Labute approximate surface area is 229 Å². The molecule has 0 unspecified atom stereocenters. The highest BCUT2D eigenvalue weighted by Gasteiger charge is 2.31. The van der Waals surface area contributed by atoms with Crippen LogP contribution < -0.4 is 4.90 Å². The summed E-state index contributed by atoms with van der Waals surface area (Å²) < 4.78 is 29.2. The van der Waals surface area contributed by atoms with Crippen molar-refractivity contribution in [3.63, 3.8) is 0 Å². The van der Waals surface area contributed by atoms with E-state index >= 15 is 0 Å². The van der Waals surface area contributed by atoms with E-state index in [4.69, 9.17) is 23.2 Å². The third-order valence-corrected chi connectivity index (χ3v) is 9.86. The molecule has 0 saturated carbocycles. The molecule has 3 aromatic carbocycles. The molecule has 1 saturated heterocycles. The predicted octanol–water partition coefficient (Wildman–Crippen LogP) is 5.47. The van der Waals surface area contributed by atoms with Gasteiger partial charge >= 0.3 is 0 Å². The van der Waals surface area contributed by atoms with Crippen LogP contribution in [0, 0.1) is 0 Å². The zero-order valence-corrected chi connectivity index (χ0v) is 23.2. The first-order chi connectivity index (χ1) is 17.2. The minimum atomic E-state index is -3.78. The quantitative estimate of drug-likeness (QED) is 0.394. The second kappa shape index (κ2) is 10.3. The van der Waals surface area contributed by atoms with Gasteiger partial charge in [0, 0.05) is 54.5 Å². The van der Waals surface area contributed by atoms with Crippen molar-refractivity contribution >= 4 is 60.7 Å². The lowest BCUT2D eigenvalue weighted by molar-refractivity contribution is 0.0734. The third kappa shape index (κ3) is 5.02. The molecular weight excluding hydrogens is 585 g/mol. The number of amides is 1. The van der Waals surface area contributed by atoms with Crippen molar-refractivity contribution in [3.8, 4) is 0 Å². The van der Waals surface area contributed by atoms with Crippen LogP contribution in [0.15, 0.2) is 70.0 Å². The largest absolute Gasteiger partial charge is 0.369 e. The van der Waals surface area contributed by atoms with Gasteiger partial charge in [-0.1, -0.05) is 57.3 Å². The predicted molar refractivity (Wildman–Crippen MR) is 146 cm³/mol. The zero-order valence-electron chi connectivity index (χ0n) is 19.3. The van der Waals surface area contributed by atoms with Crippen LogP contribution >= 0.6 is 39.1 Å². The summed E-state index contributed by atoms with van der Waals surface area (Å²) in [5, 5.41) is 0.875. The fourth-order valence-electron chi connectivity index (χ4n) is 4.73. The molecule has 10 heteroatoms. The Bertz CT molecular complexity index is 1410. The van der Waals surface area contributed by atoms with E-state index in [1.807, 2.05) is 42.5 Å². The Hall–Kier alpha value is -2.10. The van der Waals surface area contributed by atoms with Gasteiger partial charge in [-0.15, -0.1) is 0 Å². The summed E-state index contributed by atoms with van der Waals surface area (Å²) >= 11 is 16.1. The Kier molecular flexibility index (Phi) is 7.34. The monoisotopic (exact) mass is 607 g/mol. The lowest BCUT2D eigenvalue weighted by Crippen LogP contribution is -2.48. The van der Waals surface area contributed by atoms with E-state index in [0.29, 0.717) is 50.7 Å². The van der Waals surface area contributed by atoms with Crippen LogP contribution in [0.5, 0.6) is 0 Å². The molecule has 0 radical (unpaired) electrons. The summed E-state index contributed by atoms with van der Waals surface area (Å²) in [5.41, 5.74) is 3.35. The number of sulfonamides is 1. The van der Waals surface area contributed by atoms with Gasteiger partial charge in [-0.25, -0.2) is 8.42 Å². The fraction of sp³-hybridized carbons (Fsp3) is 0.269. The average molecular weight is 609 g/mol. The van der Waals surface area contributed by atoms with Crippen LogP contribution in [0.1, 0.15) is 21.5 Å². The van der Waals surface area contributed by atoms with Crippen molar-refractivity contribution in [1.29, 1.82) is 0 Å². The summed E-state index contributed by atoms with van der Waals surface area (Å²) in [6.07, 6.45) is 0.654. The summed E-state index contributed by atoms with van der Waals surface area (Å²) in [7, 11) is -3.78. The van der Waals surface area contributed by atoms with Crippen molar-refractivity contribution in [2.45, 2.75) is 17.9 Å². The normalized spacial score (nSPS) is 16.6. The molecule has 6 nitrogen and oxygen atoms in total. The number of para-hydroxylation sites is 1. The number of piperazine rings is 1. The first-order valence-corrected chi connectivity index (χ1v) is 14.6. The standard InChI is InChI=1S/C26H24BrCl2N3O3S/c27-24-15-19(28)14-18-8-9-31(17-23(18)24)26(33)22-16-21(6-7-25(22)29)36(34,35)32-12-10-30(11-13-32)20-4-2-1-3-5-20/h1-7,14-16H,8-13,17H2. The van der Waals surface area contributed by atoms with E-state index < -0.39 is 10.0 Å². The lowest BCUT2D eigenvalue weighted by atomic mass is 9.99. The molecular formula is C26H24BrCl2N3O3S. The highest BCUT2D eigenvalue weighted by Crippen LogP contribution is 2.32. The molecule has 36 heavy (non-hydrogen) atoms. The van der Waals surface area contributed by atoms with Gasteiger partial charge in [0.1, 0.15) is 0 Å². The molecule has 2 aliphatic rings. The van der Waals surface area contributed by atoms with Crippen molar-refractivity contribution in [2.75, 3.05) is 37.6 Å². The summed E-state index contributed by atoms with van der Waals surface area (Å²) in [6.45, 7) is 2.79. The van der Waals surface area contributed by atoms with Gasteiger partial charge in [0.05, 0.1) is 15.5 Å². The number of nitrogens with zero attached hydrogens (tertiary/aromatic N) is 3. The van der Waals surface area contributed by atoms with Gasteiger partial charge in [-0.3, -0.25) is 4.79 Å². The SMILES string of the molecule is O=C(c1cc(S(=O)(=O)N2CCN(c3ccccc3)CC2)ccc1Cl)N1CCc2cc(Cl)cc(Br)c2C1. The smallest absolute Gasteiger partial charge is 0.255 e. The van der Waals surface area contributed by atoms with Crippen LogP contribution in [0.3, 0.4) is 0 Å². The highest BCUT2D eigenvalue weighted by molar-refractivity contribution is 9.10. The lowest BCUT2D eigenvalue weighted by Gasteiger charge is -2.35. The van der Waals surface area contributed by atoms with Crippen molar-refractivity contribution < 1.29 is 13.2 Å². The van der Waals surface area contributed by atoms with Gasteiger partial charge in [0.25, 0.3) is 5.91 Å². The molecule has 0 spiro atoms. The Morgan fingerprint density at radius 2 is 1.61 bits per heavy atom. The molecule has 0 N–H and O–H groups in total. The molecule has 0 bridgehead atoms. The molecule has 0 aliphatic carbocycles. The molecule has 188 valence electrons. The number of hydrogen-bond donors (Lipinski definition) is 0. The number of rotatable bonds is 4. The van der Waals surface area contributed by atoms with E-state index in [9.17, 15) is 13.2 Å². The van der Waals surface area contributed by atoms with Gasteiger partial charge in [0.15, 0.2) is 0 Å². The molecule has 0 aromatic heterocycles. The maximum atomic E-state index is 13.5. The van der Waals surface area contributed by atoms with E-state index in [0.717, 1.165) is 21.3 Å². The van der Waals surface area contributed by atoms with Crippen LogP contribution in [-0.2, 0) is 23.0 Å². The number of carbonyl (C=O) groups excluding carboxylic acids is 1. The van der Waals surface area contributed by atoms with Crippen molar-refractivity contribution in [2.24, 2.45) is 0 Å². The van der Waals surface area contributed by atoms with Gasteiger partial charge in [-0.05, 0) is 60.0 Å². The van der Waals surface area contributed by atoms with Gasteiger partial charge < -0.3 is 9.80 Å². The zero-order chi connectivity index (χ0) is 25.4. The second-order valence-electron chi connectivity index (χ2n) is 8.87. The minimum absolute atomic E-state index is 0.0776. The molecule has 5 rings (SSSR count). The summed E-state index contributed by atoms with van der Waals surface area (Å²) in [5.74, 6) is -0.293. The molecule has 1 amide bonds. The average Bonchev–Trinajstić information content (AvgIpc) is 2.89. The second-order valence-corrected chi connectivity index (χ2v) is 12.5. The van der Waals surface area contributed by atoms with Gasteiger partial charge in [0.2, 0.25) is 10.0 Å². The molecule has 1 fully saturated rings. The Morgan fingerprint density at radius 3 is 2.33 bits per heavy atom. The van der Waals surface area contributed by atoms with E-state index in [1.54, 1.807) is 4.90 Å².